The average Bonchev–Trinajstić information content (AvgIpc) is 2.65. The molecular formula is C12H11F3N4O2. The molecule has 0 atom stereocenters. The summed E-state index contributed by atoms with van der Waals surface area (Å²) < 4.78 is 38.5. The molecule has 0 spiro atoms. The van der Waals surface area contributed by atoms with Crippen LogP contribution < -0.4 is 11.5 Å². The van der Waals surface area contributed by atoms with E-state index in [1.165, 1.54) is 12.1 Å². The molecule has 0 bridgehead atoms. The van der Waals surface area contributed by atoms with Crippen molar-refractivity contribution in [2.45, 2.75) is 12.6 Å². The Labute approximate surface area is 116 Å². The third kappa shape index (κ3) is 2.91. The van der Waals surface area contributed by atoms with Crippen molar-refractivity contribution in [1.82, 2.24) is 9.78 Å². The molecule has 0 saturated carbocycles. The Balaban J connectivity index is 2.41. The number of carboxylic acids is 1. The van der Waals surface area contributed by atoms with Gasteiger partial charge >= 0.3 is 12.1 Å². The van der Waals surface area contributed by atoms with Crippen LogP contribution in [0.4, 0.5) is 24.8 Å². The zero-order chi connectivity index (χ0) is 15.8. The first kappa shape index (κ1) is 14.7. The Bertz CT molecular complexity index is 677. The fourth-order valence-corrected chi connectivity index (χ4v) is 1.80. The van der Waals surface area contributed by atoms with E-state index < -0.39 is 24.1 Å². The van der Waals surface area contributed by atoms with Crippen LogP contribution in [0, 0.1) is 0 Å². The SMILES string of the molecule is Nc1nn(-c2ccc(C(F)(F)F)cc2)c(N)c1CC(=O)O. The smallest absolute Gasteiger partial charge is 0.416 e. The maximum atomic E-state index is 12.5. The minimum atomic E-state index is -4.44. The van der Waals surface area contributed by atoms with E-state index in [4.69, 9.17) is 16.6 Å². The first-order valence-electron chi connectivity index (χ1n) is 5.72. The molecule has 1 heterocycles. The van der Waals surface area contributed by atoms with Crippen LogP contribution in [-0.2, 0) is 17.4 Å². The molecule has 9 heteroatoms. The summed E-state index contributed by atoms with van der Waals surface area (Å²) in [6.45, 7) is 0. The van der Waals surface area contributed by atoms with Crippen LogP contribution in [0.2, 0.25) is 0 Å². The summed E-state index contributed by atoms with van der Waals surface area (Å²) in [6, 6.07) is 4.11. The molecule has 0 radical (unpaired) electrons. The number of alkyl halides is 3. The highest BCUT2D eigenvalue weighted by atomic mass is 19.4. The summed E-state index contributed by atoms with van der Waals surface area (Å²) in [5.74, 6) is -1.23. The van der Waals surface area contributed by atoms with Gasteiger partial charge in [-0.25, -0.2) is 4.68 Å². The van der Waals surface area contributed by atoms with E-state index in [9.17, 15) is 18.0 Å². The molecule has 1 aromatic carbocycles. The van der Waals surface area contributed by atoms with Gasteiger partial charge in [-0.15, -0.1) is 5.10 Å². The molecule has 0 fully saturated rings. The number of rotatable bonds is 3. The van der Waals surface area contributed by atoms with Crippen LogP contribution in [0.3, 0.4) is 0 Å². The van der Waals surface area contributed by atoms with Gasteiger partial charge in [0.15, 0.2) is 5.82 Å². The predicted molar refractivity (Wildman–Crippen MR) is 68.7 cm³/mol. The molecule has 1 aromatic heterocycles. The number of hydrogen-bond donors (Lipinski definition) is 3. The second-order valence-electron chi connectivity index (χ2n) is 4.28. The maximum absolute atomic E-state index is 12.5. The van der Waals surface area contributed by atoms with Gasteiger partial charge in [0.25, 0.3) is 0 Å². The molecule has 0 unspecified atom stereocenters. The Morgan fingerprint density at radius 1 is 1.24 bits per heavy atom. The topological polar surface area (TPSA) is 107 Å². The van der Waals surface area contributed by atoms with E-state index in [1.54, 1.807) is 0 Å². The van der Waals surface area contributed by atoms with Crippen LogP contribution in [0.5, 0.6) is 0 Å². The summed E-state index contributed by atoms with van der Waals surface area (Å²) in [6.07, 6.45) is -4.86. The molecule has 0 aliphatic rings. The molecule has 21 heavy (non-hydrogen) atoms. The molecule has 2 aromatic rings. The fraction of sp³-hybridized carbons (Fsp3) is 0.167. The van der Waals surface area contributed by atoms with Gasteiger partial charge in [-0.1, -0.05) is 0 Å². The number of nitrogens with two attached hydrogens (primary N) is 2. The number of carbonyl (C=O) groups is 1. The van der Waals surface area contributed by atoms with Crippen molar-refractivity contribution >= 4 is 17.6 Å². The second-order valence-corrected chi connectivity index (χ2v) is 4.28. The number of halogens is 3. The molecule has 5 N–H and O–H groups in total. The highest BCUT2D eigenvalue weighted by molar-refractivity contribution is 5.75. The third-order valence-corrected chi connectivity index (χ3v) is 2.82. The molecule has 0 amide bonds. The monoisotopic (exact) mass is 300 g/mol. The van der Waals surface area contributed by atoms with Gasteiger partial charge in [0.2, 0.25) is 0 Å². The first-order chi connectivity index (χ1) is 9.70. The lowest BCUT2D eigenvalue weighted by atomic mass is 10.2. The van der Waals surface area contributed by atoms with Crippen molar-refractivity contribution in [3.63, 3.8) is 0 Å². The number of carboxylic acid groups (broad SMARTS) is 1. The van der Waals surface area contributed by atoms with Crippen molar-refractivity contribution in [2.24, 2.45) is 0 Å². The van der Waals surface area contributed by atoms with Gasteiger partial charge in [0.1, 0.15) is 5.82 Å². The van der Waals surface area contributed by atoms with Gasteiger partial charge in [-0.05, 0) is 24.3 Å². The van der Waals surface area contributed by atoms with Gasteiger partial charge in [-0.2, -0.15) is 13.2 Å². The lowest BCUT2D eigenvalue weighted by Crippen LogP contribution is -2.07. The van der Waals surface area contributed by atoms with Crippen molar-refractivity contribution in [3.8, 4) is 5.69 Å². The number of aliphatic carboxylic acids is 1. The molecule has 2 rings (SSSR count). The third-order valence-electron chi connectivity index (χ3n) is 2.82. The molecule has 0 saturated heterocycles. The Morgan fingerprint density at radius 2 is 1.81 bits per heavy atom. The van der Waals surface area contributed by atoms with Crippen LogP contribution in [0.1, 0.15) is 11.1 Å². The van der Waals surface area contributed by atoms with E-state index in [0.29, 0.717) is 0 Å². The van der Waals surface area contributed by atoms with Gasteiger partial charge in [-0.3, -0.25) is 4.79 Å². The van der Waals surface area contributed by atoms with Crippen molar-refractivity contribution < 1.29 is 23.1 Å². The van der Waals surface area contributed by atoms with Crippen LogP contribution in [0.25, 0.3) is 5.69 Å². The van der Waals surface area contributed by atoms with E-state index in [1.807, 2.05) is 0 Å². The minimum absolute atomic E-state index is 0.0188. The summed E-state index contributed by atoms with van der Waals surface area (Å²) in [5, 5.41) is 12.6. The van der Waals surface area contributed by atoms with Crippen LogP contribution >= 0.6 is 0 Å². The average molecular weight is 300 g/mol. The van der Waals surface area contributed by atoms with Crippen LogP contribution in [0.15, 0.2) is 24.3 Å². The minimum Gasteiger partial charge on any atom is -0.481 e. The molecule has 6 nitrogen and oxygen atoms in total. The highest BCUT2D eigenvalue weighted by Gasteiger charge is 2.30. The highest BCUT2D eigenvalue weighted by Crippen LogP contribution is 2.30. The van der Waals surface area contributed by atoms with Gasteiger partial charge < -0.3 is 16.6 Å². The first-order valence-corrected chi connectivity index (χ1v) is 5.72. The fourth-order valence-electron chi connectivity index (χ4n) is 1.80. The number of aromatic nitrogens is 2. The lowest BCUT2D eigenvalue weighted by molar-refractivity contribution is -0.138. The summed E-state index contributed by atoms with van der Waals surface area (Å²) in [7, 11) is 0. The molecular weight excluding hydrogens is 289 g/mol. The number of nitrogen functional groups attached to an aromatic ring is 2. The number of anilines is 2. The number of benzene rings is 1. The molecule has 112 valence electrons. The Kier molecular flexibility index (Phi) is 3.50. The summed E-state index contributed by atoms with van der Waals surface area (Å²) >= 11 is 0. The summed E-state index contributed by atoms with van der Waals surface area (Å²) in [4.78, 5) is 10.7. The quantitative estimate of drug-likeness (QED) is 0.799. The van der Waals surface area contributed by atoms with E-state index in [0.717, 1.165) is 16.8 Å². The Hall–Kier alpha value is -2.71. The van der Waals surface area contributed by atoms with E-state index in [2.05, 4.69) is 5.10 Å². The number of nitrogens with zero attached hydrogens (tertiary/aromatic N) is 2. The maximum Gasteiger partial charge on any atom is 0.416 e. The van der Waals surface area contributed by atoms with E-state index >= 15 is 0 Å². The zero-order valence-electron chi connectivity index (χ0n) is 10.6. The second kappa shape index (κ2) is 5.00. The molecule has 0 aliphatic heterocycles. The van der Waals surface area contributed by atoms with Crippen LogP contribution in [-0.4, -0.2) is 20.9 Å². The summed E-state index contributed by atoms with van der Waals surface area (Å²) in [5.41, 5.74) is 10.9. The lowest BCUT2D eigenvalue weighted by Gasteiger charge is -2.08. The van der Waals surface area contributed by atoms with E-state index in [-0.39, 0.29) is 22.9 Å². The standard InChI is InChI=1S/C12H11F3N4O2/c13-12(14,15)6-1-3-7(4-2-6)19-11(17)8(5-9(20)21)10(16)18-19/h1-4H,5,17H2,(H2,16,18)(H,20,21). The predicted octanol–water partition coefficient (Wildman–Crippen LogP) is 1.68. The van der Waals surface area contributed by atoms with Crippen molar-refractivity contribution in [1.29, 1.82) is 0 Å². The normalized spacial score (nSPS) is 11.6. The van der Waals surface area contributed by atoms with Crippen molar-refractivity contribution in [3.05, 3.63) is 35.4 Å². The van der Waals surface area contributed by atoms with Gasteiger partial charge in [0.05, 0.1) is 17.7 Å². The number of hydrogen-bond acceptors (Lipinski definition) is 4. The molecule has 0 aliphatic carbocycles. The zero-order valence-corrected chi connectivity index (χ0v) is 10.6. The van der Waals surface area contributed by atoms with Gasteiger partial charge in [0, 0.05) is 5.56 Å². The van der Waals surface area contributed by atoms with Crippen molar-refractivity contribution in [2.75, 3.05) is 11.5 Å². The largest absolute Gasteiger partial charge is 0.481 e. The Morgan fingerprint density at radius 3 is 2.29 bits per heavy atom.